The third-order valence-electron chi connectivity index (χ3n) is 4.32. The van der Waals surface area contributed by atoms with Crippen LogP contribution in [-0.4, -0.2) is 34.7 Å². The van der Waals surface area contributed by atoms with Crippen LogP contribution in [0.2, 0.25) is 0 Å². The van der Waals surface area contributed by atoms with Gasteiger partial charge in [-0.05, 0) is 63.2 Å². The molecule has 1 fully saturated rings. The number of carbonyl (C=O) groups excluding carboxylic acids is 1. The minimum Gasteiger partial charge on any atom is -0.444 e. The molecule has 0 bridgehead atoms. The molecule has 1 aliphatic heterocycles. The van der Waals surface area contributed by atoms with Crippen LogP contribution in [0.4, 0.5) is 4.79 Å². The Kier molecular flexibility index (Phi) is 3.71. The number of amides is 1. The second-order valence-corrected chi connectivity index (χ2v) is 7.39. The number of fused-ring (bicyclic) bond motifs is 1. The fourth-order valence-electron chi connectivity index (χ4n) is 3.26. The summed E-state index contributed by atoms with van der Waals surface area (Å²) in [6.45, 7) is 9.28. The van der Waals surface area contributed by atoms with Gasteiger partial charge in [0.1, 0.15) is 5.60 Å². The number of rotatable bonds is 1. The number of nitrogens with zero attached hydrogens (tertiary/aromatic N) is 2. The van der Waals surface area contributed by atoms with Crippen LogP contribution in [0.3, 0.4) is 0 Å². The highest BCUT2D eigenvalue weighted by atomic mass is 16.6. The van der Waals surface area contributed by atoms with E-state index in [0.29, 0.717) is 11.8 Å². The Bertz CT molecular complexity index is 599. The monoisotopic (exact) mass is 300 g/mol. The molecule has 4 heteroatoms. The van der Waals surface area contributed by atoms with Crippen molar-refractivity contribution in [1.29, 1.82) is 0 Å². The van der Waals surface area contributed by atoms with Crippen LogP contribution < -0.4 is 0 Å². The molecule has 2 atom stereocenters. The lowest BCUT2D eigenvalue weighted by Crippen LogP contribution is -2.35. The molecule has 0 saturated carbocycles. The molecule has 4 nitrogen and oxygen atoms in total. The molecule has 1 amide bonds. The first-order valence-corrected chi connectivity index (χ1v) is 7.93. The summed E-state index contributed by atoms with van der Waals surface area (Å²) in [5, 5.41) is 0. The van der Waals surface area contributed by atoms with Gasteiger partial charge in [-0.15, -0.1) is 0 Å². The third-order valence-corrected chi connectivity index (χ3v) is 4.32. The van der Waals surface area contributed by atoms with Gasteiger partial charge in [-0.3, -0.25) is 4.98 Å². The summed E-state index contributed by atoms with van der Waals surface area (Å²) in [4.78, 5) is 18.4. The van der Waals surface area contributed by atoms with Gasteiger partial charge in [0.25, 0.3) is 0 Å². The summed E-state index contributed by atoms with van der Waals surface area (Å²) in [7, 11) is 0. The van der Waals surface area contributed by atoms with Gasteiger partial charge >= 0.3 is 6.09 Å². The van der Waals surface area contributed by atoms with Gasteiger partial charge < -0.3 is 9.64 Å². The standard InChI is InChI=1S/C18H24N2O2/c1-12-5-6-13(9-19-12)14-7-15-10-20(11-16(15)8-14)17(21)22-18(2,3)4/h5-7,9,15-16H,8,10-11H2,1-4H3/t15-,16+/m1/s1. The zero-order valence-corrected chi connectivity index (χ0v) is 13.8. The minimum atomic E-state index is -0.427. The Labute approximate surface area is 132 Å². The van der Waals surface area contributed by atoms with Crippen molar-refractivity contribution in [2.75, 3.05) is 13.1 Å². The molecule has 1 aromatic rings. The zero-order valence-electron chi connectivity index (χ0n) is 13.8. The summed E-state index contributed by atoms with van der Waals surface area (Å²) in [5.41, 5.74) is 3.19. The van der Waals surface area contributed by atoms with Crippen molar-refractivity contribution in [3.63, 3.8) is 0 Å². The van der Waals surface area contributed by atoms with E-state index < -0.39 is 5.60 Å². The van der Waals surface area contributed by atoms with Gasteiger partial charge in [-0.1, -0.05) is 12.1 Å². The number of aromatic nitrogens is 1. The molecule has 1 aliphatic carbocycles. The average Bonchev–Trinajstić information content (AvgIpc) is 2.95. The first kappa shape index (κ1) is 15.1. The number of hydrogen-bond acceptors (Lipinski definition) is 3. The van der Waals surface area contributed by atoms with Crippen LogP contribution >= 0.6 is 0 Å². The Morgan fingerprint density at radius 2 is 2.09 bits per heavy atom. The lowest BCUT2D eigenvalue weighted by Gasteiger charge is -2.24. The van der Waals surface area contributed by atoms with Crippen molar-refractivity contribution >= 4 is 11.7 Å². The van der Waals surface area contributed by atoms with Crippen molar-refractivity contribution in [3.05, 3.63) is 35.7 Å². The average molecular weight is 300 g/mol. The molecule has 0 N–H and O–H groups in total. The van der Waals surface area contributed by atoms with E-state index in [2.05, 4.69) is 23.2 Å². The third kappa shape index (κ3) is 3.16. The predicted molar refractivity (Wildman–Crippen MR) is 86.4 cm³/mol. The summed E-state index contributed by atoms with van der Waals surface area (Å²) in [6, 6.07) is 4.19. The molecule has 0 unspecified atom stereocenters. The smallest absolute Gasteiger partial charge is 0.410 e. The lowest BCUT2D eigenvalue weighted by molar-refractivity contribution is 0.0285. The zero-order chi connectivity index (χ0) is 15.9. The van der Waals surface area contributed by atoms with Gasteiger partial charge in [0.15, 0.2) is 0 Å². The first-order valence-electron chi connectivity index (χ1n) is 7.93. The molecule has 2 aliphatic rings. The summed E-state index contributed by atoms with van der Waals surface area (Å²) < 4.78 is 5.47. The normalized spacial score (nSPS) is 24.2. The molecule has 2 heterocycles. The highest BCUT2D eigenvalue weighted by molar-refractivity contribution is 5.71. The van der Waals surface area contributed by atoms with Crippen molar-refractivity contribution in [2.45, 2.75) is 39.7 Å². The van der Waals surface area contributed by atoms with Crippen molar-refractivity contribution in [2.24, 2.45) is 11.8 Å². The Morgan fingerprint density at radius 3 is 2.68 bits per heavy atom. The molecule has 118 valence electrons. The predicted octanol–water partition coefficient (Wildman–Crippen LogP) is 3.66. The highest BCUT2D eigenvalue weighted by Crippen LogP contribution is 2.41. The molecule has 0 aromatic carbocycles. The molecule has 3 rings (SSSR count). The van der Waals surface area contributed by atoms with Crippen LogP contribution in [0.15, 0.2) is 24.4 Å². The Hall–Kier alpha value is -1.84. The van der Waals surface area contributed by atoms with Gasteiger partial charge in [-0.2, -0.15) is 0 Å². The second-order valence-electron chi connectivity index (χ2n) is 7.39. The minimum absolute atomic E-state index is 0.186. The van der Waals surface area contributed by atoms with Crippen LogP contribution in [0, 0.1) is 18.8 Å². The topological polar surface area (TPSA) is 42.4 Å². The van der Waals surface area contributed by atoms with Gasteiger partial charge in [0.05, 0.1) is 0 Å². The van der Waals surface area contributed by atoms with E-state index in [1.54, 1.807) is 0 Å². The molecular weight excluding hydrogens is 276 g/mol. The number of allylic oxidation sites excluding steroid dienone is 1. The van der Waals surface area contributed by atoms with Crippen LogP contribution in [0.1, 0.15) is 38.4 Å². The van der Waals surface area contributed by atoms with Gasteiger partial charge in [0.2, 0.25) is 0 Å². The van der Waals surface area contributed by atoms with E-state index >= 15 is 0 Å². The SMILES string of the molecule is Cc1ccc(C2=C[C@@H]3CN(C(=O)OC(C)(C)C)C[C@@H]3C2)cn1. The number of carbonyl (C=O) groups is 1. The van der Waals surface area contributed by atoms with Crippen LogP contribution in [-0.2, 0) is 4.74 Å². The highest BCUT2D eigenvalue weighted by Gasteiger charge is 2.39. The largest absolute Gasteiger partial charge is 0.444 e. The number of pyridine rings is 1. The number of hydrogen-bond donors (Lipinski definition) is 0. The maximum atomic E-state index is 12.2. The van der Waals surface area contributed by atoms with Crippen molar-refractivity contribution < 1.29 is 9.53 Å². The molecule has 22 heavy (non-hydrogen) atoms. The van der Waals surface area contributed by atoms with Crippen molar-refractivity contribution in [1.82, 2.24) is 9.88 Å². The molecular formula is C18H24N2O2. The molecule has 1 aromatic heterocycles. The first-order chi connectivity index (χ1) is 10.3. The quantitative estimate of drug-likeness (QED) is 0.795. The molecule has 0 radical (unpaired) electrons. The van der Waals surface area contributed by atoms with E-state index in [0.717, 1.165) is 25.2 Å². The number of aryl methyl sites for hydroxylation is 1. The van der Waals surface area contributed by atoms with E-state index in [1.165, 1.54) is 11.1 Å². The molecule has 1 saturated heterocycles. The Morgan fingerprint density at radius 1 is 1.32 bits per heavy atom. The van der Waals surface area contributed by atoms with E-state index in [-0.39, 0.29) is 6.09 Å². The fraction of sp³-hybridized carbons (Fsp3) is 0.556. The van der Waals surface area contributed by atoms with Crippen LogP contribution in [0.25, 0.3) is 5.57 Å². The maximum Gasteiger partial charge on any atom is 0.410 e. The summed E-state index contributed by atoms with van der Waals surface area (Å²) in [6.07, 6.45) is 5.11. The van der Waals surface area contributed by atoms with Crippen LogP contribution in [0.5, 0.6) is 0 Å². The number of likely N-dealkylation sites (tertiary alicyclic amines) is 1. The summed E-state index contributed by atoms with van der Waals surface area (Å²) in [5.74, 6) is 0.965. The fourth-order valence-corrected chi connectivity index (χ4v) is 3.26. The molecule has 0 spiro atoms. The van der Waals surface area contributed by atoms with E-state index in [9.17, 15) is 4.79 Å². The van der Waals surface area contributed by atoms with E-state index in [1.807, 2.05) is 38.8 Å². The van der Waals surface area contributed by atoms with Gasteiger partial charge in [-0.25, -0.2) is 4.79 Å². The maximum absolute atomic E-state index is 12.2. The Balaban J connectivity index is 1.65. The number of ether oxygens (including phenoxy) is 1. The van der Waals surface area contributed by atoms with E-state index in [4.69, 9.17) is 4.74 Å². The van der Waals surface area contributed by atoms with Gasteiger partial charge in [0, 0.05) is 25.0 Å². The second kappa shape index (κ2) is 5.41. The van der Waals surface area contributed by atoms with Crippen molar-refractivity contribution in [3.8, 4) is 0 Å². The summed E-state index contributed by atoms with van der Waals surface area (Å²) >= 11 is 0. The lowest BCUT2D eigenvalue weighted by atomic mass is 9.99.